The van der Waals surface area contributed by atoms with Crippen molar-refractivity contribution in [3.63, 3.8) is 0 Å². The molecule has 1 fully saturated rings. The van der Waals surface area contributed by atoms with Crippen molar-refractivity contribution in [3.05, 3.63) is 54.5 Å². The van der Waals surface area contributed by atoms with Gasteiger partial charge in [0.1, 0.15) is 17.3 Å². The van der Waals surface area contributed by atoms with E-state index in [0.29, 0.717) is 29.1 Å². The van der Waals surface area contributed by atoms with Crippen LogP contribution in [0.3, 0.4) is 0 Å². The predicted octanol–water partition coefficient (Wildman–Crippen LogP) is 2.84. The van der Waals surface area contributed by atoms with Gasteiger partial charge in [0, 0.05) is 35.9 Å². The SMILES string of the molecule is Cn1c(C(=O)N2CC(F)(F)C2)cc2ccc(-c3nccc(Nc4nccc(N)n4)n3)cc21. The Balaban J connectivity index is 1.44. The Labute approximate surface area is 180 Å². The molecule has 0 bridgehead atoms. The van der Waals surface area contributed by atoms with Crippen molar-refractivity contribution >= 4 is 34.4 Å². The van der Waals surface area contributed by atoms with Gasteiger partial charge in [0.05, 0.1) is 13.1 Å². The molecule has 0 aliphatic carbocycles. The van der Waals surface area contributed by atoms with Crippen molar-refractivity contribution in [2.24, 2.45) is 7.05 Å². The number of benzene rings is 1. The van der Waals surface area contributed by atoms with Gasteiger partial charge >= 0.3 is 0 Å². The fraction of sp³-hybridized carbons (Fsp3) is 0.190. The van der Waals surface area contributed by atoms with Gasteiger partial charge in [-0.25, -0.2) is 23.7 Å². The molecule has 162 valence electrons. The zero-order chi connectivity index (χ0) is 22.5. The van der Waals surface area contributed by atoms with E-state index >= 15 is 0 Å². The number of nitrogen functional groups attached to an aromatic ring is 1. The third kappa shape index (κ3) is 3.57. The molecule has 0 spiro atoms. The maximum atomic E-state index is 13.2. The monoisotopic (exact) mass is 436 g/mol. The highest BCUT2D eigenvalue weighted by molar-refractivity contribution is 5.99. The van der Waals surface area contributed by atoms with Crippen LogP contribution in [-0.4, -0.2) is 54.3 Å². The first kappa shape index (κ1) is 19.8. The second kappa shape index (κ2) is 7.22. The summed E-state index contributed by atoms with van der Waals surface area (Å²) in [5, 5.41) is 3.80. The lowest BCUT2D eigenvalue weighted by atomic mass is 10.1. The first-order valence-electron chi connectivity index (χ1n) is 9.75. The summed E-state index contributed by atoms with van der Waals surface area (Å²) in [6, 6.07) is 10.5. The number of nitrogens with one attached hydrogen (secondary N) is 1. The summed E-state index contributed by atoms with van der Waals surface area (Å²) in [7, 11) is 1.73. The summed E-state index contributed by atoms with van der Waals surface area (Å²) in [6.45, 7) is -1.11. The number of carbonyl (C=O) groups is 1. The highest BCUT2D eigenvalue weighted by atomic mass is 19.3. The van der Waals surface area contributed by atoms with E-state index in [2.05, 4.69) is 25.3 Å². The minimum absolute atomic E-state index is 0.312. The zero-order valence-electron chi connectivity index (χ0n) is 17.0. The molecule has 4 aromatic rings. The molecule has 3 aromatic heterocycles. The van der Waals surface area contributed by atoms with E-state index in [-0.39, 0.29) is 0 Å². The Morgan fingerprint density at radius 1 is 1.09 bits per heavy atom. The van der Waals surface area contributed by atoms with E-state index in [0.717, 1.165) is 21.4 Å². The van der Waals surface area contributed by atoms with Crippen molar-refractivity contribution < 1.29 is 13.6 Å². The molecule has 0 radical (unpaired) electrons. The van der Waals surface area contributed by atoms with E-state index < -0.39 is 24.9 Å². The maximum absolute atomic E-state index is 13.2. The number of alkyl halides is 2. The quantitative estimate of drug-likeness (QED) is 0.505. The Morgan fingerprint density at radius 3 is 2.62 bits per heavy atom. The van der Waals surface area contributed by atoms with Crippen molar-refractivity contribution in [1.82, 2.24) is 29.4 Å². The Bertz CT molecular complexity index is 1340. The highest BCUT2D eigenvalue weighted by Gasteiger charge is 2.46. The molecule has 0 atom stereocenters. The van der Waals surface area contributed by atoms with Gasteiger partial charge in [-0.3, -0.25) is 4.79 Å². The van der Waals surface area contributed by atoms with E-state index in [1.807, 2.05) is 18.2 Å². The summed E-state index contributed by atoms with van der Waals surface area (Å²) in [5.41, 5.74) is 7.52. The van der Waals surface area contributed by atoms with Crippen LogP contribution in [0, 0.1) is 0 Å². The van der Waals surface area contributed by atoms with Crippen LogP contribution in [0.15, 0.2) is 48.8 Å². The molecule has 0 unspecified atom stereocenters. The molecule has 9 nitrogen and oxygen atoms in total. The van der Waals surface area contributed by atoms with Crippen LogP contribution in [0.2, 0.25) is 0 Å². The normalized spacial score (nSPS) is 14.9. The number of rotatable bonds is 4. The van der Waals surface area contributed by atoms with Crippen molar-refractivity contribution in [2.45, 2.75) is 5.92 Å². The summed E-state index contributed by atoms with van der Waals surface area (Å²) in [5.74, 6) is -1.63. The zero-order valence-corrected chi connectivity index (χ0v) is 17.0. The van der Waals surface area contributed by atoms with Crippen molar-refractivity contribution in [1.29, 1.82) is 0 Å². The molecule has 1 aliphatic rings. The average molecular weight is 436 g/mol. The van der Waals surface area contributed by atoms with Gasteiger partial charge in [-0.1, -0.05) is 12.1 Å². The summed E-state index contributed by atoms with van der Waals surface area (Å²) in [6.07, 6.45) is 3.14. The van der Waals surface area contributed by atoms with Gasteiger partial charge in [-0.15, -0.1) is 0 Å². The average Bonchev–Trinajstić information content (AvgIpc) is 3.08. The molecule has 5 rings (SSSR count). The van der Waals surface area contributed by atoms with E-state index in [4.69, 9.17) is 5.73 Å². The summed E-state index contributed by atoms with van der Waals surface area (Å²) < 4.78 is 28.0. The first-order chi connectivity index (χ1) is 15.3. The summed E-state index contributed by atoms with van der Waals surface area (Å²) in [4.78, 5) is 30.8. The standard InChI is InChI=1S/C21H18F2N8O/c1-30-14-9-13(3-2-12(14)8-15(30)19(32)31-10-21(22,23)11-31)18-25-7-5-17(28-18)29-20-26-6-4-16(24)27-20/h2-9H,10-11H2,1H3,(H3,24,25,26,27,28,29). The maximum Gasteiger partial charge on any atom is 0.282 e. The predicted molar refractivity (Wildman–Crippen MR) is 115 cm³/mol. The van der Waals surface area contributed by atoms with Crippen LogP contribution >= 0.6 is 0 Å². The molecule has 1 aliphatic heterocycles. The smallest absolute Gasteiger partial charge is 0.282 e. The van der Waals surface area contributed by atoms with Crippen LogP contribution in [0.4, 0.5) is 26.4 Å². The number of nitrogens with zero attached hydrogens (tertiary/aromatic N) is 6. The number of aryl methyl sites for hydroxylation is 1. The molecule has 32 heavy (non-hydrogen) atoms. The largest absolute Gasteiger partial charge is 0.384 e. The van der Waals surface area contributed by atoms with Crippen LogP contribution in [-0.2, 0) is 7.05 Å². The Hall–Kier alpha value is -4.15. The van der Waals surface area contributed by atoms with Gasteiger partial charge in [0.25, 0.3) is 11.8 Å². The summed E-state index contributed by atoms with van der Waals surface area (Å²) >= 11 is 0. The lowest BCUT2D eigenvalue weighted by Gasteiger charge is -2.38. The number of likely N-dealkylation sites (tertiary alicyclic amines) is 1. The molecular formula is C21H18F2N8O. The highest BCUT2D eigenvalue weighted by Crippen LogP contribution is 2.30. The molecule has 11 heteroatoms. The number of hydrogen-bond donors (Lipinski definition) is 2. The van der Waals surface area contributed by atoms with Crippen LogP contribution in [0.1, 0.15) is 10.5 Å². The van der Waals surface area contributed by atoms with Gasteiger partial charge in [-0.05, 0) is 24.3 Å². The number of halogens is 2. The number of hydrogen-bond acceptors (Lipinski definition) is 7. The molecule has 1 amide bonds. The van der Waals surface area contributed by atoms with Crippen LogP contribution in [0.5, 0.6) is 0 Å². The number of aromatic nitrogens is 5. The fourth-order valence-electron chi connectivity index (χ4n) is 3.61. The van der Waals surface area contributed by atoms with E-state index in [9.17, 15) is 13.6 Å². The lowest BCUT2D eigenvalue weighted by molar-refractivity contribution is -0.113. The number of carbonyl (C=O) groups excluding carboxylic acids is 1. The van der Waals surface area contributed by atoms with Crippen LogP contribution in [0.25, 0.3) is 22.3 Å². The molecular weight excluding hydrogens is 418 g/mol. The van der Waals surface area contributed by atoms with Gasteiger partial charge in [-0.2, -0.15) is 4.98 Å². The number of nitrogens with two attached hydrogens (primary N) is 1. The molecule has 1 saturated heterocycles. The molecule has 3 N–H and O–H groups in total. The topological polar surface area (TPSA) is 115 Å². The fourth-order valence-corrected chi connectivity index (χ4v) is 3.61. The number of anilines is 3. The van der Waals surface area contributed by atoms with Crippen LogP contribution < -0.4 is 11.1 Å². The molecule has 4 heterocycles. The third-order valence-electron chi connectivity index (χ3n) is 5.23. The van der Waals surface area contributed by atoms with E-state index in [1.54, 1.807) is 36.0 Å². The Morgan fingerprint density at radius 2 is 1.88 bits per heavy atom. The second-order valence-electron chi connectivity index (χ2n) is 7.57. The second-order valence-corrected chi connectivity index (χ2v) is 7.57. The van der Waals surface area contributed by atoms with E-state index in [1.165, 1.54) is 6.20 Å². The first-order valence-corrected chi connectivity index (χ1v) is 9.75. The van der Waals surface area contributed by atoms with Gasteiger partial charge in [0.15, 0.2) is 5.82 Å². The number of fused-ring (bicyclic) bond motifs is 1. The van der Waals surface area contributed by atoms with Gasteiger partial charge in [0.2, 0.25) is 5.95 Å². The molecule has 0 saturated carbocycles. The van der Waals surface area contributed by atoms with Crippen molar-refractivity contribution in [3.8, 4) is 11.4 Å². The minimum atomic E-state index is -2.81. The third-order valence-corrected chi connectivity index (χ3v) is 5.23. The minimum Gasteiger partial charge on any atom is -0.384 e. The Kier molecular flexibility index (Phi) is 4.47. The van der Waals surface area contributed by atoms with Crippen molar-refractivity contribution in [2.75, 3.05) is 24.1 Å². The van der Waals surface area contributed by atoms with Gasteiger partial charge < -0.3 is 20.5 Å². The molecule has 1 aromatic carbocycles. The number of amides is 1. The lowest BCUT2D eigenvalue weighted by Crippen LogP contribution is -2.58.